The SMILES string of the molecule is CC.CC.CC(=O)C/C=C\C[C@H]1CO[C@@H](c2ccccc2)O[C@H]1c1ccccc1. The summed E-state index contributed by atoms with van der Waals surface area (Å²) in [5.41, 5.74) is 2.20. The molecule has 1 saturated heterocycles. The Hall–Kier alpha value is -2.23. The zero-order valence-corrected chi connectivity index (χ0v) is 18.5. The van der Waals surface area contributed by atoms with Gasteiger partial charge in [0.25, 0.3) is 0 Å². The van der Waals surface area contributed by atoms with E-state index in [1.54, 1.807) is 6.92 Å². The van der Waals surface area contributed by atoms with Gasteiger partial charge in [-0.3, -0.25) is 4.79 Å². The first-order valence-electron chi connectivity index (χ1n) is 10.8. The standard InChI is InChI=1S/C22H24O3.2C2H6/c1-17(23)10-8-9-15-20-16-24-22(19-13-6-3-7-14-19)25-21(20)18-11-4-2-5-12-18;2*1-2/h2-9,11-14,20-22H,10,15-16H2,1H3;2*1-2H3/b9-8-;;/t20-,21-,22+;;/m0../s1. The summed E-state index contributed by atoms with van der Waals surface area (Å²) in [5.74, 6) is 0.404. The number of ketones is 1. The molecule has 3 heteroatoms. The van der Waals surface area contributed by atoms with Crippen LogP contribution in [-0.2, 0) is 14.3 Å². The first-order chi connectivity index (χ1) is 14.2. The minimum Gasteiger partial charge on any atom is -0.348 e. The third kappa shape index (κ3) is 8.35. The van der Waals surface area contributed by atoms with Gasteiger partial charge in [0.2, 0.25) is 0 Å². The molecule has 0 bridgehead atoms. The average Bonchev–Trinajstić information content (AvgIpc) is 2.80. The van der Waals surface area contributed by atoms with E-state index in [-0.39, 0.29) is 24.1 Å². The van der Waals surface area contributed by atoms with Crippen molar-refractivity contribution in [2.45, 2.75) is 59.9 Å². The summed E-state index contributed by atoms with van der Waals surface area (Å²) in [4.78, 5) is 11.1. The summed E-state index contributed by atoms with van der Waals surface area (Å²) in [6.07, 6.45) is 4.95. The maximum absolute atomic E-state index is 11.1. The van der Waals surface area contributed by atoms with Crippen LogP contribution in [0.3, 0.4) is 0 Å². The molecule has 0 aromatic heterocycles. The molecule has 0 N–H and O–H groups in total. The predicted molar refractivity (Wildman–Crippen MR) is 121 cm³/mol. The van der Waals surface area contributed by atoms with Gasteiger partial charge in [-0.05, 0) is 18.9 Å². The Bertz CT molecular complexity index is 694. The van der Waals surface area contributed by atoms with Gasteiger partial charge >= 0.3 is 0 Å². The average molecular weight is 397 g/mol. The van der Waals surface area contributed by atoms with Crippen LogP contribution in [0.1, 0.15) is 71.0 Å². The van der Waals surface area contributed by atoms with Crippen molar-refractivity contribution >= 4 is 5.78 Å². The summed E-state index contributed by atoms with van der Waals surface area (Å²) in [6.45, 7) is 10.2. The molecule has 29 heavy (non-hydrogen) atoms. The molecule has 1 aliphatic heterocycles. The molecule has 3 atom stereocenters. The van der Waals surface area contributed by atoms with Gasteiger partial charge in [-0.15, -0.1) is 0 Å². The van der Waals surface area contributed by atoms with E-state index in [2.05, 4.69) is 18.2 Å². The highest BCUT2D eigenvalue weighted by molar-refractivity contribution is 5.76. The van der Waals surface area contributed by atoms with Gasteiger partial charge in [0, 0.05) is 17.9 Å². The second kappa shape index (κ2) is 14.7. The Morgan fingerprint density at radius 1 is 0.897 bits per heavy atom. The van der Waals surface area contributed by atoms with Crippen molar-refractivity contribution in [2.24, 2.45) is 5.92 Å². The Kier molecular flexibility index (Phi) is 12.6. The molecular weight excluding hydrogens is 360 g/mol. The van der Waals surface area contributed by atoms with E-state index >= 15 is 0 Å². The number of hydrogen-bond acceptors (Lipinski definition) is 3. The maximum atomic E-state index is 11.1. The van der Waals surface area contributed by atoms with E-state index in [0.717, 1.165) is 17.5 Å². The van der Waals surface area contributed by atoms with Crippen LogP contribution in [0, 0.1) is 5.92 Å². The van der Waals surface area contributed by atoms with Crippen molar-refractivity contribution in [3.63, 3.8) is 0 Å². The fourth-order valence-corrected chi connectivity index (χ4v) is 3.07. The van der Waals surface area contributed by atoms with Crippen LogP contribution in [-0.4, -0.2) is 12.4 Å². The number of allylic oxidation sites excluding steroid dienone is 2. The molecule has 2 aromatic rings. The molecular formula is C26H36O3. The molecule has 0 radical (unpaired) electrons. The Balaban J connectivity index is 0.000000989. The van der Waals surface area contributed by atoms with Gasteiger partial charge in [0.15, 0.2) is 6.29 Å². The van der Waals surface area contributed by atoms with Crippen molar-refractivity contribution in [3.8, 4) is 0 Å². The Morgan fingerprint density at radius 2 is 1.45 bits per heavy atom. The zero-order valence-electron chi connectivity index (χ0n) is 18.5. The van der Waals surface area contributed by atoms with E-state index < -0.39 is 0 Å². The zero-order chi connectivity index (χ0) is 21.5. The van der Waals surface area contributed by atoms with Gasteiger partial charge in [-0.2, -0.15) is 0 Å². The van der Waals surface area contributed by atoms with E-state index in [1.807, 2.05) is 82.3 Å². The lowest BCUT2D eigenvalue weighted by Crippen LogP contribution is -2.30. The highest BCUT2D eigenvalue weighted by Gasteiger charge is 2.33. The van der Waals surface area contributed by atoms with Crippen LogP contribution in [0.15, 0.2) is 72.8 Å². The van der Waals surface area contributed by atoms with Crippen molar-refractivity contribution < 1.29 is 14.3 Å². The normalized spacial score (nSPS) is 20.8. The molecule has 3 rings (SSSR count). The molecule has 1 fully saturated rings. The third-order valence-corrected chi connectivity index (χ3v) is 4.37. The first kappa shape index (κ1) is 24.8. The lowest BCUT2D eigenvalue weighted by Gasteiger charge is -2.36. The summed E-state index contributed by atoms with van der Waals surface area (Å²) in [7, 11) is 0. The van der Waals surface area contributed by atoms with Crippen LogP contribution in [0.4, 0.5) is 0 Å². The predicted octanol–water partition coefficient (Wildman–Crippen LogP) is 7.07. The largest absolute Gasteiger partial charge is 0.348 e. The highest BCUT2D eigenvalue weighted by atomic mass is 16.7. The van der Waals surface area contributed by atoms with Crippen molar-refractivity contribution in [2.75, 3.05) is 6.61 Å². The second-order valence-corrected chi connectivity index (χ2v) is 6.42. The molecule has 0 aliphatic carbocycles. The van der Waals surface area contributed by atoms with Gasteiger partial charge in [-0.25, -0.2) is 0 Å². The number of carbonyl (C=O) groups excluding carboxylic acids is 1. The van der Waals surface area contributed by atoms with E-state index in [4.69, 9.17) is 9.47 Å². The number of carbonyl (C=O) groups is 1. The van der Waals surface area contributed by atoms with Gasteiger partial charge in [0.1, 0.15) is 5.78 Å². The maximum Gasteiger partial charge on any atom is 0.184 e. The van der Waals surface area contributed by atoms with E-state index in [1.165, 1.54) is 0 Å². The minimum absolute atomic E-state index is 0.0258. The lowest BCUT2D eigenvalue weighted by atomic mass is 9.92. The highest BCUT2D eigenvalue weighted by Crippen LogP contribution is 2.39. The van der Waals surface area contributed by atoms with Crippen molar-refractivity contribution in [3.05, 3.63) is 83.9 Å². The molecule has 0 saturated carbocycles. The van der Waals surface area contributed by atoms with Crippen LogP contribution in [0.5, 0.6) is 0 Å². The minimum atomic E-state index is -0.344. The molecule has 1 aliphatic rings. The lowest BCUT2D eigenvalue weighted by molar-refractivity contribution is -0.243. The smallest absolute Gasteiger partial charge is 0.184 e. The molecule has 1 heterocycles. The van der Waals surface area contributed by atoms with Gasteiger partial charge < -0.3 is 9.47 Å². The Morgan fingerprint density at radius 3 is 2.00 bits per heavy atom. The number of benzene rings is 2. The summed E-state index contributed by atoms with van der Waals surface area (Å²) in [6, 6.07) is 20.3. The quantitative estimate of drug-likeness (QED) is 0.490. The fourth-order valence-electron chi connectivity index (χ4n) is 3.07. The summed E-state index contributed by atoms with van der Waals surface area (Å²) < 4.78 is 12.3. The first-order valence-corrected chi connectivity index (χ1v) is 10.8. The van der Waals surface area contributed by atoms with E-state index in [9.17, 15) is 4.79 Å². The van der Waals surface area contributed by atoms with Crippen LogP contribution in [0.25, 0.3) is 0 Å². The summed E-state index contributed by atoms with van der Waals surface area (Å²) in [5, 5.41) is 0. The molecule has 0 unspecified atom stereocenters. The fraction of sp³-hybridized carbons (Fsp3) is 0.423. The second-order valence-electron chi connectivity index (χ2n) is 6.42. The van der Waals surface area contributed by atoms with Crippen molar-refractivity contribution in [1.82, 2.24) is 0 Å². The van der Waals surface area contributed by atoms with Crippen molar-refractivity contribution in [1.29, 1.82) is 0 Å². The molecule has 3 nitrogen and oxygen atoms in total. The van der Waals surface area contributed by atoms with Gasteiger partial charge in [0.05, 0.1) is 12.7 Å². The Labute approximate surface area is 176 Å². The van der Waals surface area contributed by atoms with Crippen LogP contribution in [0.2, 0.25) is 0 Å². The molecule has 0 amide bonds. The van der Waals surface area contributed by atoms with E-state index in [0.29, 0.717) is 13.0 Å². The monoisotopic (exact) mass is 396 g/mol. The molecule has 0 spiro atoms. The number of Topliss-reactive ketones (excluding diaryl/α,β-unsaturated/α-hetero) is 1. The number of ether oxygens (including phenoxy) is 2. The number of rotatable bonds is 6. The summed E-state index contributed by atoms with van der Waals surface area (Å²) >= 11 is 0. The number of hydrogen-bond donors (Lipinski definition) is 0. The van der Waals surface area contributed by atoms with Crippen LogP contribution < -0.4 is 0 Å². The third-order valence-electron chi connectivity index (χ3n) is 4.37. The van der Waals surface area contributed by atoms with Gasteiger partial charge in [-0.1, -0.05) is 101 Å². The molecule has 158 valence electrons. The topological polar surface area (TPSA) is 35.5 Å². The molecule has 2 aromatic carbocycles. The van der Waals surface area contributed by atoms with Crippen LogP contribution >= 0.6 is 0 Å².